The number of phenolic OH excluding ortho intramolecular Hbond substituents is 1. The van der Waals surface area contributed by atoms with Crippen molar-refractivity contribution in [1.29, 1.82) is 0 Å². The number of halogens is 1. The van der Waals surface area contributed by atoms with Crippen molar-refractivity contribution in [2.24, 2.45) is 0 Å². The van der Waals surface area contributed by atoms with Crippen LogP contribution >= 0.6 is 0 Å². The first-order valence-electron chi connectivity index (χ1n) is 10.4. The number of aromatic nitrogens is 1. The number of alkyl halides is 1. The van der Waals surface area contributed by atoms with Crippen molar-refractivity contribution in [2.75, 3.05) is 19.8 Å². The molecule has 4 aromatic rings. The lowest BCUT2D eigenvalue weighted by atomic mass is 9.95. The molecule has 1 aromatic heterocycles. The van der Waals surface area contributed by atoms with Crippen LogP contribution in [-0.2, 0) is 12.8 Å². The Morgan fingerprint density at radius 3 is 2.50 bits per heavy atom. The predicted octanol–water partition coefficient (Wildman–Crippen LogP) is 5.54. The minimum atomic E-state index is -0.353. The Labute approximate surface area is 176 Å². The molecule has 0 amide bonds. The van der Waals surface area contributed by atoms with Crippen LogP contribution in [0.2, 0.25) is 0 Å². The number of benzene rings is 3. The molecule has 3 N–H and O–H groups in total. The van der Waals surface area contributed by atoms with Crippen molar-refractivity contribution in [3.8, 4) is 17.0 Å². The molecule has 0 aliphatic carbocycles. The summed E-state index contributed by atoms with van der Waals surface area (Å²) in [6, 6.07) is 22.4. The number of fused-ring (bicyclic) bond motifs is 1. The summed E-state index contributed by atoms with van der Waals surface area (Å²) in [4.78, 5) is 3.51. The lowest BCUT2D eigenvalue weighted by Crippen LogP contribution is -2.20. The minimum absolute atomic E-state index is 0.309. The molecule has 0 fully saturated rings. The highest BCUT2D eigenvalue weighted by molar-refractivity contribution is 5.91. The van der Waals surface area contributed by atoms with E-state index in [9.17, 15) is 9.50 Å². The highest BCUT2D eigenvalue weighted by Crippen LogP contribution is 2.34. The van der Waals surface area contributed by atoms with E-state index in [1.54, 1.807) is 6.07 Å². The van der Waals surface area contributed by atoms with Crippen molar-refractivity contribution in [3.05, 3.63) is 89.0 Å². The van der Waals surface area contributed by atoms with Crippen LogP contribution in [0, 0.1) is 6.92 Å². The number of aryl methyl sites for hydroxylation is 1. The second-order valence-electron chi connectivity index (χ2n) is 7.66. The lowest BCUT2D eigenvalue weighted by molar-refractivity contribution is 0.467. The largest absolute Gasteiger partial charge is 0.508 e. The zero-order valence-corrected chi connectivity index (χ0v) is 17.2. The maximum Gasteiger partial charge on any atom is 0.119 e. The van der Waals surface area contributed by atoms with E-state index in [0.29, 0.717) is 18.7 Å². The summed E-state index contributed by atoms with van der Waals surface area (Å²) < 4.78 is 12.3. The summed E-state index contributed by atoms with van der Waals surface area (Å²) in [6.07, 6.45) is 1.47. The van der Waals surface area contributed by atoms with Crippen LogP contribution in [0.1, 0.15) is 22.3 Å². The summed E-state index contributed by atoms with van der Waals surface area (Å²) in [7, 11) is 0. The van der Waals surface area contributed by atoms with E-state index in [2.05, 4.69) is 47.6 Å². The first-order chi connectivity index (χ1) is 14.7. The quantitative estimate of drug-likeness (QED) is 0.339. The molecule has 3 nitrogen and oxygen atoms in total. The molecule has 0 aliphatic heterocycles. The summed E-state index contributed by atoms with van der Waals surface area (Å²) >= 11 is 0. The molecule has 0 aliphatic rings. The van der Waals surface area contributed by atoms with Gasteiger partial charge >= 0.3 is 0 Å². The standard InChI is InChI=1S/C26H27FN2O/c1-18-6-2-5-9-21(18)25-17-22-23(26(30)11-10-24(22)29-25)16-20-8-4-3-7-19(20)12-14-28-15-13-27/h2-11,17,28-30H,12-16H2,1H3. The third kappa shape index (κ3) is 4.24. The predicted molar refractivity (Wildman–Crippen MR) is 122 cm³/mol. The fourth-order valence-electron chi connectivity index (χ4n) is 4.04. The van der Waals surface area contributed by atoms with Gasteiger partial charge in [0.05, 0.1) is 0 Å². The molecule has 1 heterocycles. The van der Waals surface area contributed by atoms with Crippen LogP contribution in [0.3, 0.4) is 0 Å². The summed E-state index contributed by atoms with van der Waals surface area (Å²) in [5, 5.41) is 14.8. The number of hydrogen-bond acceptors (Lipinski definition) is 2. The van der Waals surface area contributed by atoms with Crippen molar-refractivity contribution >= 4 is 10.9 Å². The lowest BCUT2D eigenvalue weighted by Gasteiger charge is -2.12. The van der Waals surface area contributed by atoms with Gasteiger partial charge in [-0.3, -0.25) is 0 Å². The number of hydrogen-bond donors (Lipinski definition) is 3. The average Bonchev–Trinajstić information content (AvgIpc) is 3.19. The molecule has 0 saturated carbocycles. The molecule has 4 heteroatoms. The number of aromatic amines is 1. The van der Waals surface area contributed by atoms with E-state index in [1.165, 1.54) is 22.3 Å². The first kappa shape index (κ1) is 20.2. The number of nitrogens with one attached hydrogen (secondary N) is 2. The van der Waals surface area contributed by atoms with E-state index in [-0.39, 0.29) is 6.67 Å². The number of rotatable bonds is 8. The number of H-pyrrole nitrogens is 1. The third-order valence-electron chi connectivity index (χ3n) is 5.65. The van der Waals surface area contributed by atoms with Crippen molar-refractivity contribution in [1.82, 2.24) is 10.3 Å². The van der Waals surface area contributed by atoms with Gasteiger partial charge in [-0.25, -0.2) is 4.39 Å². The van der Waals surface area contributed by atoms with Crippen molar-refractivity contribution < 1.29 is 9.50 Å². The second-order valence-corrected chi connectivity index (χ2v) is 7.66. The molecule has 0 unspecified atom stereocenters. The number of aromatic hydroxyl groups is 1. The Bertz CT molecular complexity index is 1150. The molecular weight excluding hydrogens is 375 g/mol. The van der Waals surface area contributed by atoms with E-state index in [0.717, 1.165) is 35.1 Å². The molecule has 0 atom stereocenters. The molecule has 0 saturated heterocycles. The van der Waals surface area contributed by atoms with Crippen LogP contribution in [0.15, 0.2) is 66.7 Å². The van der Waals surface area contributed by atoms with Gasteiger partial charge < -0.3 is 15.4 Å². The Morgan fingerprint density at radius 1 is 0.933 bits per heavy atom. The van der Waals surface area contributed by atoms with Gasteiger partial charge in [0.15, 0.2) is 0 Å². The van der Waals surface area contributed by atoms with E-state index in [1.807, 2.05) is 30.3 Å². The summed E-state index contributed by atoms with van der Waals surface area (Å²) in [6.45, 7) is 2.87. The van der Waals surface area contributed by atoms with Gasteiger partial charge in [0.2, 0.25) is 0 Å². The van der Waals surface area contributed by atoms with Gasteiger partial charge in [-0.05, 0) is 54.8 Å². The Hall–Kier alpha value is -3.11. The summed E-state index contributed by atoms with van der Waals surface area (Å²) in [5.41, 5.74) is 7.77. The van der Waals surface area contributed by atoms with Gasteiger partial charge in [-0.15, -0.1) is 0 Å². The van der Waals surface area contributed by atoms with Gasteiger partial charge in [0.1, 0.15) is 12.4 Å². The van der Waals surface area contributed by atoms with Crippen LogP contribution in [0.25, 0.3) is 22.2 Å². The maximum atomic E-state index is 12.3. The average molecular weight is 403 g/mol. The number of phenols is 1. The molecule has 4 rings (SSSR count). The fourth-order valence-corrected chi connectivity index (χ4v) is 4.04. The normalized spacial score (nSPS) is 11.3. The fraction of sp³-hybridized carbons (Fsp3) is 0.231. The monoisotopic (exact) mass is 402 g/mol. The van der Waals surface area contributed by atoms with Crippen molar-refractivity contribution in [2.45, 2.75) is 19.8 Å². The van der Waals surface area contributed by atoms with Crippen LogP contribution < -0.4 is 5.32 Å². The highest BCUT2D eigenvalue weighted by atomic mass is 19.1. The molecular formula is C26H27FN2O. The van der Waals surface area contributed by atoms with Crippen LogP contribution in [0.5, 0.6) is 5.75 Å². The van der Waals surface area contributed by atoms with E-state index < -0.39 is 0 Å². The van der Waals surface area contributed by atoms with Gasteiger partial charge in [0, 0.05) is 40.7 Å². The van der Waals surface area contributed by atoms with E-state index >= 15 is 0 Å². The van der Waals surface area contributed by atoms with E-state index in [4.69, 9.17) is 0 Å². The van der Waals surface area contributed by atoms with Gasteiger partial charge in [0.25, 0.3) is 0 Å². The van der Waals surface area contributed by atoms with Gasteiger partial charge in [-0.1, -0.05) is 48.5 Å². The molecule has 0 spiro atoms. The highest BCUT2D eigenvalue weighted by Gasteiger charge is 2.14. The minimum Gasteiger partial charge on any atom is -0.508 e. The Morgan fingerprint density at radius 2 is 1.70 bits per heavy atom. The molecule has 3 aromatic carbocycles. The molecule has 30 heavy (non-hydrogen) atoms. The van der Waals surface area contributed by atoms with Crippen LogP contribution in [-0.4, -0.2) is 29.9 Å². The first-order valence-corrected chi connectivity index (χ1v) is 10.4. The SMILES string of the molecule is Cc1ccccc1-c1cc2c(Cc3ccccc3CCNCCF)c(O)ccc2[nH]1. The zero-order valence-electron chi connectivity index (χ0n) is 17.2. The Balaban J connectivity index is 1.68. The zero-order chi connectivity index (χ0) is 20.9. The van der Waals surface area contributed by atoms with Crippen LogP contribution in [0.4, 0.5) is 4.39 Å². The molecule has 0 bridgehead atoms. The second kappa shape index (κ2) is 9.14. The smallest absolute Gasteiger partial charge is 0.119 e. The third-order valence-corrected chi connectivity index (χ3v) is 5.65. The molecule has 154 valence electrons. The Kier molecular flexibility index (Phi) is 6.15. The van der Waals surface area contributed by atoms with Crippen molar-refractivity contribution in [3.63, 3.8) is 0 Å². The topological polar surface area (TPSA) is 48.0 Å². The molecule has 0 radical (unpaired) electrons. The maximum absolute atomic E-state index is 12.3. The summed E-state index contributed by atoms with van der Waals surface area (Å²) in [5.74, 6) is 0.309. The van der Waals surface area contributed by atoms with Gasteiger partial charge in [-0.2, -0.15) is 0 Å².